The normalized spacial score (nSPS) is 11.0. The number of aryl methyl sites for hydroxylation is 1. The van der Waals surface area contributed by atoms with Crippen LogP contribution in [0.1, 0.15) is 16.1 Å². The molecule has 0 amide bonds. The first-order chi connectivity index (χ1) is 10.0. The van der Waals surface area contributed by atoms with E-state index in [1.807, 2.05) is 0 Å². The van der Waals surface area contributed by atoms with Crippen LogP contribution in [0.4, 0.5) is 0 Å². The lowest BCUT2D eigenvalue weighted by atomic mass is 10.1. The second-order valence-corrected chi connectivity index (χ2v) is 4.53. The van der Waals surface area contributed by atoms with Crippen molar-refractivity contribution >= 4 is 27.9 Å². The summed E-state index contributed by atoms with van der Waals surface area (Å²) in [4.78, 5) is 35.2. The number of hydrogen-bond donors (Lipinski definition) is 0. The van der Waals surface area contributed by atoms with Gasteiger partial charge in [-0.1, -0.05) is 0 Å². The fourth-order valence-electron chi connectivity index (χ4n) is 2.22. The number of ether oxygens (including phenoxy) is 1. The minimum Gasteiger partial charge on any atom is -0.463 e. The summed E-state index contributed by atoms with van der Waals surface area (Å²) in [6.45, 7) is 1.75. The standard InChI is InChI=1S/C15H10O6/c1-7-5-12(17)21-14-8(7)3-4-10-13(14)9(16)6-11(20-10)15(18)19-2/h3-6H,1-2H3. The van der Waals surface area contributed by atoms with Gasteiger partial charge in [-0.3, -0.25) is 4.79 Å². The highest BCUT2D eigenvalue weighted by molar-refractivity contribution is 6.03. The molecule has 0 aliphatic heterocycles. The van der Waals surface area contributed by atoms with Gasteiger partial charge in [-0.25, -0.2) is 9.59 Å². The molecule has 0 spiro atoms. The van der Waals surface area contributed by atoms with Crippen molar-refractivity contribution in [3.63, 3.8) is 0 Å². The maximum Gasteiger partial charge on any atom is 0.374 e. The van der Waals surface area contributed by atoms with Gasteiger partial charge in [0.1, 0.15) is 11.0 Å². The quantitative estimate of drug-likeness (QED) is 0.386. The summed E-state index contributed by atoms with van der Waals surface area (Å²) in [6, 6.07) is 5.59. The number of hydrogen-bond acceptors (Lipinski definition) is 6. The lowest BCUT2D eigenvalue weighted by Crippen LogP contribution is -2.09. The zero-order chi connectivity index (χ0) is 15.1. The zero-order valence-electron chi connectivity index (χ0n) is 11.3. The van der Waals surface area contributed by atoms with E-state index in [9.17, 15) is 14.4 Å². The molecular formula is C15H10O6. The molecule has 21 heavy (non-hydrogen) atoms. The topological polar surface area (TPSA) is 86.7 Å². The van der Waals surface area contributed by atoms with Crippen LogP contribution in [-0.4, -0.2) is 13.1 Å². The highest BCUT2D eigenvalue weighted by Crippen LogP contribution is 2.24. The molecule has 106 valence electrons. The van der Waals surface area contributed by atoms with Crippen molar-refractivity contribution in [1.82, 2.24) is 0 Å². The van der Waals surface area contributed by atoms with E-state index in [-0.39, 0.29) is 22.3 Å². The number of esters is 1. The molecule has 2 heterocycles. The summed E-state index contributed by atoms with van der Waals surface area (Å²) >= 11 is 0. The molecule has 0 bridgehead atoms. The number of carbonyl (C=O) groups is 1. The predicted octanol–water partition coefficient (Wildman–Crippen LogP) is 1.99. The Bertz CT molecular complexity index is 993. The Balaban J connectivity index is 2.49. The maximum atomic E-state index is 12.2. The smallest absolute Gasteiger partial charge is 0.374 e. The van der Waals surface area contributed by atoms with Crippen molar-refractivity contribution in [3.05, 3.63) is 56.2 Å². The lowest BCUT2D eigenvalue weighted by Gasteiger charge is -2.05. The van der Waals surface area contributed by atoms with Gasteiger partial charge in [0.2, 0.25) is 5.76 Å². The first-order valence-corrected chi connectivity index (χ1v) is 6.11. The summed E-state index contributed by atoms with van der Waals surface area (Å²) in [6.07, 6.45) is 0. The minimum absolute atomic E-state index is 0.126. The third-order valence-electron chi connectivity index (χ3n) is 3.20. The summed E-state index contributed by atoms with van der Waals surface area (Å²) in [5.41, 5.74) is -0.0219. The van der Waals surface area contributed by atoms with Crippen molar-refractivity contribution in [3.8, 4) is 0 Å². The number of fused-ring (bicyclic) bond motifs is 3. The Morgan fingerprint density at radius 3 is 2.62 bits per heavy atom. The Labute approximate surface area is 117 Å². The van der Waals surface area contributed by atoms with Crippen LogP contribution >= 0.6 is 0 Å². The molecule has 0 radical (unpaired) electrons. The van der Waals surface area contributed by atoms with Crippen LogP contribution in [0.15, 0.2) is 42.7 Å². The number of benzene rings is 1. The van der Waals surface area contributed by atoms with E-state index in [4.69, 9.17) is 8.83 Å². The summed E-state index contributed by atoms with van der Waals surface area (Å²) in [5, 5.41) is 0.765. The Morgan fingerprint density at radius 1 is 1.14 bits per heavy atom. The highest BCUT2D eigenvalue weighted by atomic mass is 16.5. The zero-order valence-corrected chi connectivity index (χ0v) is 11.3. The van der Waals surface area contributed by atoms with Crippen molar-refractivity contribution in [2.75, 3.05) is 7.11 Å². The van der Waals surface area contributed by atoms with Crippen molar-refractivity contribution < 1.29 is 18.4 Å². The van der Waals surface area contributed by atoms with E-state index in [0.29, 0.717) is 10.9 Å². The van der Waals surface area contributed by atoms with Gasteiger partial charge in [0.15, 0.2) is 11.0 Å². The molecule has 6 heteroatoms. The minimum atomic E-state index is -0.750. The van der Waals surface area contributed by atoms with Crippen LogP contribution in [-0.2, 0) is 4.74 Å². The highest BCUT2D eigenvalue weighted by Gasteiger charge is 2.16. The van der Waals surface area contributed by atoms with Gasteiger partial charge in [-0.05, 0) is 24.6 Å². The molecule has 0 aliphatic rings. The molecule has 0 saturated carbocycles. The predicted molar refractivity (Wildman–Crippen MR) is 74.6 cm³/mol. The Morgan fingerprint density at radius 2 is 1.90 bits per heavy atom. The summed E-state index contributed by atoms with van der Waals surface area (Å²) in [5.74, 6) is -0.954. The van der Waals surface area contributed by atoms with Crippen LogP contribution < -0.4 is 11.1 Å². The van der Waals surface area contributed by atoms with Crippen molar-refractivity contribution in [2.45, 2.75) is 6.92 Å². The lowest BCUT2D eigenvalue weighted by molar-refractivity contribution is 0.0565. The largest absolute Gasteiger partial charge is 0.463 e. The van der Waals surface area contributed by atoms with Crippen LogP contribution in [0.3, 0.4) is 0 Å². The average Bonchev–Trinajstić information content (AvgIpc) is 2.45. The molecule has 2 aromatic heterocycles. The van der Waals surface area contributed by atoms with Gasteiger partial charge < -0.3 is 13.6 Å². The van der Waals surface area contributed by atoms with Crippen LogP contribution in [0.2, 0.25) is 0 Å². The summed E-state index contributed by atoms with van der Waals surface area (Å²) in [7, 11) is 1.19. The summed E-state index contributed by atoms with van der Waals surface area (Å²) < 4.78 is 15.0. The second-order valence-electron chi connectivity index (χ2n) is 4.53. The molecule has 1 aromatic carbocycles. The molecule has 3 rings (SSSR count). The van der Waals surface area contributed by atoms with E-state index in [1.165, 1.54) is 13.2 Å². The molecule has 0 saturated heterocycles. The third kappa shape index (κ3) is 2.01. The molecular weight excluding hydrogens is 276 g/mol. The van der Waals surface area contributed by atoms with Gasteiger partial charge >= 0.3 is 11.6 Å². The number of carbonyl (C=O) groups excluding carboxylic acids is 1. The monoisotopic (exact) mass is 286 g/mol. The van der Waals surface area contributed by atoms with Crippen LogP contribution in [0.5, 0.6) is 0 Å². The Kier molecular flexibility index (Phi) is 2.86. The fraction of sp³-hybridized carbons (Fsp3) is 0.133. The molecule has 0 aliphatic carbocycles. The molecule has 6 nitrogen and oxygen atoms in total. The molecule has 0 fully saturated rings. The van der Waals surface area contributed by atoms with E-state index < -0.39 is 17.0 Å². The van der Waals surface area contributed by atoms with Gasteiger partial charge in [0, 0.05) is 17.5 Å². The first kappa shape index (κ1) is 13.1. The molecule has 3 aromatic rings. The van der Waals surface area contributed by atoms with Crippen LogP contribution in [0, 0.1) is 6.92 Å². The van der Waals surface area contributed by atoms with Gasteiger partial charge in [0.05, 0.1) is 7.11 Å². The Hall–Kier alpha value is -2.89. The number of rotatable bonds is 1. The molecule has 0 N–H and O–H groups in total. The van der Waals surface area contributed by atoms with E-state index in [0.717, 1.165) is 6.07 Å². The average molecular weight is 286 g/mol. The van der Waals surface area contributed by atoms with E-state index in [1.54, 1.807) is 19.1 Å². The van der Waals surface area contributed by atoms with Crippen LogP contribution in [0.25, 0.3) is 21.9 Å². The fourth-order valence-corrected chi connectivity index (χ4v) is 2.22. The molecule has 0 unspecified atom stereocenters. The van der Waals surface area contributed by atoms with E-state index in [2.05, 4.69) is 4.74 Å². The maximum absolute atomic E-state index is 12.2. The van der Waals surface area contributed by atoms with Crippen molar-refractivity contribution in [1.29, 1.82) is 0 Å². The van der Waals surface area contributed by atoms with Crippen molar-refractivity contribution in [2.24, 2.45) is 0 Å². The molecule has 0 atom stereocenters. The van der Waals surface area contributed by atoms with E-state index >= 15 is 0 Å². The van der Waals surface area contributed by atoms with Gasteiger partial charge in [-0.15, -0.1) is 0 Å². The SMILES string of the molecule is COC(=O)c1cc(=O)c2c(ccc3c(C)cc(=O)oc32)o1. The van der Waals surface area contributed by atoms with Gasteiger partial charge in [-0.2, -0.15) is 0 Å². The second kappa shape index (κ2) is 4.59. The van der Waals surface area contributed by atoms with Gasteiger partial charge in [0.25, 0.3) is 0 Å². The third-order valence-corrected chi connectivity index (χ3v) is 3.20. The number of methoxy groups -OCH3 is 1. The first-order valence-electron chi connectivity index (χ1n) is 6.11.